The van der Waals surface area contributed by atoms with E-state index in [-0.39, 0.29) is 22.4 Å². The molecule has 10 heteroatoms. The number of hydrogen-bond acceptors (Lipinski definition) is 9. The molecule has 0 amide bonds. The molecule has 1 aromatic rings. The summed E-state index contributed by atoms with van der Waals surface area (Å²) in [5.41, 5.74) is 0.549. The minimum absolute atomic E-state index is 0.0309. The number of methoxy groups -OCH3 is 1. The quantitative estimate of drug-likeness (QED) is 0.346. The van der Waals surface area contributed by atoms with Crippen LogP contribution < -0.4 is 5.32 Å². The van der Waals surface area contributed by atoms with Gasteiger partial charge in [-0.15, -0.1) is 4.91 Å². The van der Waals surface area contributed by atoms with Crippen LogP contribution in [0.1, 0.15) is 25.3 Å². The number of allylic oxidation sites excluding steroid dienone is 2. The number of carbonyl (C=O) groups is 2. The third-order valence-electron chi connectivity index (χ3n) is 4.08. The Morgan fingerprint density at radius 1 is 1.19 bits per heavy atom. The highest BCUT2D eigenvalue weighted by Gasteiger charge is 2.40. The van der Waals surface area contributed by atoms with Gasteiger partial charge in [0.2, 0.25) is 6.73 Å². The van der Waals surface area contributed by atoms with Gasteiger partial charge in [0.15, 0.2) is 0 Å². The van der Waals surface area contributed by atoms with Crippen LogP contribution in [0.15, 0.2) is 52.0 Å². The Bertz CT molecular complexity index is 873. The Labute approximate surface area is 154 Å². The zero-order valence-electron chi connectivity index (χ0n) is 14.8. The van der Waals surface area contributed by atoms with E-state index >= 15 is 0 Å². The number of para-hydroxylation sites is 1. The van der Waals surface area contributed by atoms with E-state index < -0.39 is 29.5 Å². The topological polar surface area (TPSA) is 137 Å². The van der Waals surface area contributed by atoms with Crippen LogP contribution in [0, 0.1) is 15.0 Å². The molecule has 0 fully saturated rings. The maximum absolute atomic E-state index is 12.5. The molecule has 1 heterocycles. The number of nitrogens with one attached hydrogen (secondary N) is 1. The summed E-state index contributed by atoms with van der Waals surface area (Å²) in [4.78, 5) is 46.1. The second-order valence-corrected chi connectivity index (χ2v) is 5.63. The number of rotatable bonds is 6. The molecule has 1 N–H and O–H groups in total. The van der Waals surface area contributed by atoms with Gasteiger partial charge < -0.3 is 14.8 Å². The van der Waals surface area contributed by atoms with Crippen LogP contribution in [0.5, 0.6) is 0 Å². The molecule has 1 aliphatic heterocycles. The average molecular weight is 375 g/mol. The molecule has 0 radical (unpaired) electrons. The number of dihydropyridines is 1. The number of carbonyl (C=O) groups excluding carboxylic acids is 2. The SMILES string of the molecule is COC(=O)C1=C(C)NC(C)=C(C(=O)OCN=O)C1c1ccccc1[N+](=O)[O-]. The van der Waals surface area contributed by atoms with Crippen molar-refractivity contribution in [3.8, 4) is 0 Å². The molecule has 0 bridgehead atoms. The van der Waals surface area contributed by atoms with Crippen LogP contribution in [0.4, 0.5) is 5.69 Å². The van der Waals surface area contributed by atoms with E-state index in [0.717, 1.165) is 0 Å². The monoisotopic (exact) mass is 375 g/mol. The zero-order chi connectivity index (χ0) is 20.1. The minimum Gasteiger partial charge on any atom is -0.466 e. The summed E-state index contributed by atoms with van der Waals surface area (Å²) in [5.74, 6) is -2.79. The molecular formula is C17H17N3O7. The Kier molecular flexibility index (Phi) is 6.01. The molecule has 0 aliphatic carbocycles. The van der Waals surface area contributed by atoms with E-state index in [1.54, 1.807) is 19.9 Å². The molecular weight excluding hydrogens is 358 g/mol. The van der Waals surface area contributed by atoms with E-state index in [2.05, 4.69) is 10.5 Å². The second-order valence-electron chi connectivity index (χ2n) is 5.63. The van der Waals surface area contributed by atoms with Crippen molar-refractivity contribution in [2.24, 2.45) is 5.18 Å². The summed E-state index contributed by atoms with van der Waals surface area (Å²) < 4.78 is 9.60. The van der Waals surface area contributed by atoms with Gasteiger partial charge in [-0.25, -0.2) is 9.59 Å². The maximum atomic E-state index is 12.5. The van der Waals surface area contributed by atoms with Gasteiger partial charge in [0.1, 0.15) is 0 Å². The maximum Gasteiger partial charge on any atom is 0.338 e. The lowest BCUT2D eigenvalue weighted by Crippen LogP contribution is -2.32. The lowest BCUT2D eigenvalue weighted by molar-refractivity contribution is -0.385. The van der Waals surface area contributed by atoms with Gasteiger partial charge in [0.25, 0.3) is 5.69 Å². The molecule has 142 valence electrons. The average Bonchev–Trinajstić information content (AvgIpc) is 2.64. The summed E-state index contributed by atoms with van der Waals surface area (Å²) in [5, 5.41) is 16.8. The standard InChI is InChI=1S/C17H17N3O7/c1-9-13(16(21)26-3)15(11-6-4-5-7-12(11)20(24)25)14(10(2)19-9)17(22)27-8-18-23/h4-7,15,19H,8H2,1-3H3. The molecule has 10 nitrogen and oxygen atoms in total. The van der Waals surface area contributed by atoms with Crippen LogP contribution in [0.2, 0.25) is 0 Å². The number of ether oxygens (including phenoxy) is 2. The summed E-state index contributed by atoms with van der Waals surface area (Å²) in [6, 6.07) is 5.75. The number of benzene rings is 1. The van der Waals surface area contributed by atoms with Crippen molar-refractivity contribution in [2.75, 3.05) is 13.8 Å². The molecule has 2 rings (SSSR count). The number of hydrogen-bond donors (Lipinski definition) is 1. The normalized spacial score (nSPS) is 16.5. The van der Waals surface area contributed by atoms with Gasteiger partial charge in [-0.3, -0.25) is 10.1 Å². The van der Waals surface area contributed by atoms with Crippen molar-refractivity contribution in [1.29, 1.82) is 0 Å². The van der Waals surface area contributed by atoms with Crippen LogP contribution in [0.25, 0.3) is 0 Å². The van der Waals surface area contributed by atoms with Gasteiger partial charge in [-0.2, -0.15) is 0 Å². The van der Waals surface area contributed by atoms with Crippen LogP contribution in [-0.2, 0) is 19.1 Å². The highest BCUT2D eigenvalue weighted by molar-refractivity contribution is 6.00. The Morgan fingerprint density at radius 3 is 2.33 bits per heavy atom. The van der Waals surface area contributed by atoms with Gasteiger partial charge in [-0.1, -0.05) is 18.2 Å². The van der Waals surface area contributed by atoms with Crippen molar-refractivity contribution in [3.05, 3.63) is 67.4 Å². The molecule has 0 saturated heterocycles. The van der Waals surface area contributed by atoms with Gasteiger partial charge in [-0.05, 0) is 19.0 Å². The highest BCUT2D eigenvalue weighted by Crippen LogP contribution is 2.42. The number of nitrogens with zero attached hydrogens (tertiary/aromatic N) is 2. The fraction of sp³-hybridized carbons (Fsp3) is 0.294. The van der Waals surface area contributed by atoms with Crippen LogP contribution >= 0.6 is 0 Å². The van der Waals surface area contributed by atoms with Gasteiger partial charge in [0.05, 0.1) is 29.1 Å². The molecule has 1 aliphatic rings. The summed E-state index contributed by atoms with van der Waals surface area (Å²) in [7, 11) is 1.17. The molecule has 1 aromatic carbocycles. The van der Waals surface area contributed by atoms with E-state index in [9.17, 15) is 24.6 Å². The Hall–Kier alpha value is -3.56. The van der Waals surface area contributed by atoms with E-state index in [0.29, 0.717) is 11.4 Å². The first-order chi connectivity index (χ1) is 12.8. The lowest BCUT2D eigenvalue weighted by atomic mass is 9.79. The van der Waals surface area contributed by atoms with Crippen LogP contribution in [-0.4, -0.2) is 30.7 Å². The molecule has 1 atom stereocenters. The second kappa shape index (κ2) is 8.21. The highest BCUT2D eigenvalue weighted by atomic mass is 16.6. The largest absolute Gasteiger partial charge is 0.466 e. The van der Waals surface area contributed by atoms with Crippen molar-refractivity contribution in [1.82, 2.24) is 5.32 Å². The molecule has 0 spiro atoms. The van der Waals surface area contributed by atoms with Crippen molar-refractivity contribution < 1.29 is 24.0 Å². The van der Waals surface area contributed by atoms with Crippen molar-refractivity contribution >= 4 is 17.6 Å². The van der Waals surface area contributed by atoms with E-state index in [1.807, 2.05) is 0 Å². The van der Waals surface area contributed by atoms with Gasteiger partial charge >= 0.3 is 11.9 Å². The molecule has 0 saturated carbocycles. The van der Waals surface area contributed by atoms with Gasteiger partial charge in [0, 0.05) is 23.0 Å². The Morgan fingerprint density at radius 2 is 1.78 bits per heavy atom. The fourth-order valence-electron chi connectivity index (χ4n) is 3.02. The van der Waals surface area contributed by atoms with Crippen molar-refractivity contribution in [3.63, 3.8) is 0 Å². The minimum atomic E-state index is -1.11. The Balaban J connectivity index is 2.74. The predicted octanol–water partition coefficient (Wildman–Crippen LogP) is 2.27. The summed E-state index contributed by atoms with van der Waals surface area (Å²) in [6.45, 7) is 2.42. The molecule has 27 heavy (non-hydrogen) atoms. The molecule has 1 unspecified atom stereocenters. The third-order valence-corrected chi connectivity index (χ3v) is 4.08. The first-order valence-electron chi connectivity index (χ1n) is 7.79. The first-order valence-corrected chi connectivity index (χ1v) is 7.79. The lowest BCUT2D eigenvalue weighted by Gasteiger charge is -2.29. The first kappa shape index (κ1) is 19.8. The number of nitro groups is 1. The zero-order valence-corrected chi connectivity index (χ0v) is 14.8. The van der Waals surface area contributed by atoms with E-state index in [4.69, 9.17) is 9.47 Å². The van der Waals surface area contributed by atoms with Crippen LogP contribution in [0.3, 0.4) is 0 Å². The third kappa shape index (κ3) is 3.84. The molecule has 0 aromatic heterocycles. The number of nitro benzene ring substituents is 1. The fourth-order valence-corrected chi connectivity index (χ4v) is 3.02. The number of nitroso groups, excluding NO2 is 1. The number of esters is 2. The van der Waals surface area contributed by atoms with E-state index in [1.165, 1.54) is 25.3 Å². The smallest absolute Gasteiger partial charge is 0.338 e. The summed E-state index contributed by atoms with van der Waals surface area (Å²) in [6.07, 6.45) is 0. The summed E-state index contributed by atoms with van der Waals surface area (Å²) >= 11 is 0. The predicted molar refractivity (Wildman–Crippen MR) is 93.1 cm³/mol. The van der Waals surface area contributed by atoms with Crippen molar-refractivity contribution in [2.45, 2.75) is 19.8 Å².